The minimum atomic E-state index is -1.02. The van der Waals surface area contributed by atoms with Crippen LogP contribution >= 0.6 is 11.6 Å². The Balaban J connectivity index is 1.42. The Morgan fingerprint density at radius 1 is 1.06 bits per heavy atom. The molecule has 0 spiro atoms. The van der Waals surface area contributed by atoms with Crippen LogP contribution in [-0.2, 0) is 22.4 Å². The number of pyridine rings is 1. The van der Waals surface area contributed by atoms with Crippen LogP contribution in [0.25, 0.3) is 0 Å². The molecular weight excluding hydrogens is 454 g/mol. The summed E-state index contributed by atoms with van der Waals surface area (Å²) in [5.41, 5.74) is 4.36. The molecule has 3 aliphatic rings. The van der Waals surface area contributed by atoms with Crippen LogP contribution in [0.3, 0.4) is 0 Å². The van der Waals surface area contributed by atoms with Gasteiger partial charge >= 0.3 is 12.1 Å². The Bertz CT molecular complexity index is 1070. The molecule has 2 atom stereocenters. The van der Waals surface area contributed by atoms with Crippen LogP contribution in [0.5, 0.6) is 0 Å². The minimum Gasteiger partial charge on any atom is -0.480 e. The van der Waals surface area contributed by atoms with Crippen molar-refractivity contribution in [3.05, 3.63) is 63.9 Å². The number of carbonyl (C=O) groups excluding carboxylic acids is 1. The summed E-state index contributed by atoms with van der Waals surface area (Å²) in [6.45, 7) is 1.04. The van der Waals surface area contributed by atoms with Gasteiger partial charge in [0.15, 0.2) is 0 Å². The fraction of sp³-hybridized carbons (Fsp3) is 0.500. The first-order chi connectivity index (χ1) is 16.5. The number of aromatic nitrogens is 1. The molecule has 5 rings (SSSR count). The van der Waals surface area contributed by atoms with Crippen molar-refractivity contribution in [2.24, 2.45) is 0 Å². The maximum absolute atomic E-state index is 12.9. The van der Waals surface area contributed by atoms with Crippen molar-refractivity contribution in [3.8, 4) is 0 Å². The number of hydrogen-bond donors (Lipinski definition) is 1. The predicted molar refractivity (Wildman–Crippen MR) is 128 cm³/mol. The second-order valence-corrected chi connectivity index (χ2v) is 9.92. The van der Waals surface area contributed by atoms with E-state index in [4.69, 9.17) is 21.3 Å². The van der Waals surface area contributed by atoms with Crippen LogP contribution in [0.1, 0.15) is 60.5 Å². The molecule has 1 aliphatic heterocycles. The number of ether oxygens (including phenoxy) is 1. The van der Waals surface area contributed by atoms with E-state index in [1.165, 1.54) is 4.90 Å². The number of aryl methyl sites for hydroxylation is 2. The van der Waals surface area contributed by atoms with Gasteiger partial charge in [0.25, 0.3) is 0 Å². The largest absolute Gasteiger partial charge is 0.480 e. The lowest BCUT2D eigenvalue weighted by Crippen LogP contribution is -2.59. The van der Waals surface area contributed by atoms with E-state index in [0.29, 0.717) is 18.1 Å². The highest BCUT2D eigenvalue weighted by molar-refractivity contribution is 6.30. The van der Waals surface area contributed by atoms with E-state index in [-0.39, 0.29) is 18.7 Å². The lowest BCUT2D eigenvalue weighted by molar-refractivity contribution is -0.145. The van der Waals surface area contributed by atoms with E-state index < -0.39 is 18.1 Å². The Kier molecular flexibility index (Phi) is 6.75. The SMILES string of the molecule is O=C(O)[C@H]1CN([C@@H]2c3ccc(Cl)cc3CCc3cccnc32)CCN1C(=O)OC1CCCCC1. The molecule has 1 saturated heterocycles. The lowest BCUT2D eigenvalue weighted by atomic mass is 9.95. The van der Waals surface area contributed by atoms with Crippen molar-refractivity contribution < 1.29 is 19.4 Å². The summed E-state index contributed by atoms with van der Waals surface area (Å²) >= 11 is 6.31. The molecule has 180 valence electrons. The van der Waals surface area contributed by atoms with Crippen molar-refractivity contribution in [2.75, 3.05) is 19.6 Å². The van der Waals surface area contributed by atoms with Crippen molar-refractivity contribution in [3.63, 3.8) is 0 Å². The molecule has 34 heavy (non-hydrogen) atoms. The maximum atomic E-state index is 12.9. The molecule has 0 bridgehead atoms. The summed E-state index contributed by atoms with van der Waals surface area (Å²) in [5, 5.41) is 10.7. The summed E-state index contributed by atoms with van der Waals surface area (Å²) in [5.74, 6) is -1.02. The zero-order valence-electron chi connectivity index (χ0n) is 19.2. The molecule has 2 heterocycles. The number of amides is 1. The molecule has 2 aliphatic carbocycles. The third kappa shape index (κ3) is 4.64. The molecule has 1 aromatic heterocycles. The first kappa shape index (κ1) is 23.1. The van der Waals surface area contributed by atoms with Gasteiger partial charge in [-0.15, -0.1) is 0 Å². The van der Waals surface area contributed by atoms with Gasteiger partial charge in [-0.1, -0.05) is 30.2 Å². The minimum absolute atomic E-state index is 0.108. The third-order valence-electron chi connectivity index (χ3n) is 7.36. The normalized spacial score (nSPS) is 23.5. The lowest BCUT2D eigenvalue weighted by Gasteiger charge is -2.43. The average molecular weight is 484 g/mol. The molecule has 1 saturated carbocycles. The molecule has 2 aromatic rings. The number of piperazine rings is 1. The fourth-order valence-electron chi connectivity index (χ4n) is 5.61. The van der Waals surface area contributed by atoms with Crippen LogP contribution < -0.4 is 0 Å². The fourth-order valence-corrected chi connectivity index (χ4v) is 5.81. The van der Waals surface area contributed by atoms with Crippen LogP contribution in [-0.4, -0.2) is 63.7 Å². The van der Waals surface area contributed by atoms with Crippen LogP contribution in [0.15, 0.2) is 36.5 Å². The molecule has 2 fully saturated rings. The van der Waals surface area contributed by atoms with E-state index >= 15 is 0 Å². The maximum Gasteiger partial charge on any atom is 0.410 e. The molecular formula is C26H30ClN3O4. The van der Waals surface area contributed by atoms with E-state index in [1.54, 1.807) is 6.20 Å². The van der Waals surface area contributed by atoms with Crippen molar-refractivity contribution in [1.82, 2.24) is 14.8 Å². The van der Waals surface area contributed by atoms with Gasteiger partial charge in [0.2, 0.25) is 0 Å². The smallest absolute Gasteiger partial charge is 0.410 e. The monoisotopic (exact) mass is 483 g/mol. The van der Waals surface area contributed by atoms with Crippen molar-refractivity contribution in [1.29, 1.82) is 0 Å². The summed E-state index contributed by atoms with van der Waals surface area (Å²) in [6, 6.07) is 8.79. The number of nitrogens with zero attached hydrogens (tertiary/aromatic N) is 3. The van der Waals surface area contributed by atoms with E-state index in [9.17, 15) is 14.7 Å². The number of carboxylic acid groups (broad SMARTS) is 1. The van der Waals surface area contributed by atoms with Crippen LogP contribution in [0, 0.1) is 0 Å². The summed E-state index contributed by atoms with van der Waals surface area (Å²) in [7, 11) is 0. The number of halogens is 1. The van der Waals surface area contributed by atoms with E-state index in [0.717, 1.165) is 67.3 Å². The number of aliphatic carboxylic acids is 1. The highest BCUT2D eigenvalue weighted by Gasteiger charge is 2.41. The molecule has 1 aromatic carbocycles. The first-order valence-corrected chi connectivity index (χ1v) is 12.6. The summed E-state index contributed by atoms with van der Waals surface area (Å²) in [4.78, 5) is 33.5. The molecule has 1 N–H and O–H groups in total. The Morgan fingerprint density at radius 2 is 1.85 bits per heavy atom. The van der Waals surface area contributed by atoms with Gasteiger partial charge in [-0.3, -0.25) is 14.8 Å². The highest BCUT2D eigenvalue weighted by Crippen LogP contribution is 2.38. The number of fused-ring (bicyclic) bond motifs is 2. The molecule has 0 unspecified atom stereocenters. The zero-order chi connectivity index (χ0) is 23.7. The Labute approximate surface area is 204 Å². The molecule has 8 heteroatoms. The molecule has 7 nitrogen and oxygen atoms in total. The third-order valence-corrected chi connectivity index (χ3v) is 7.60. The average Bonchev–Trinajstić information content (AvgIpc) is 3.01. The van der Waals surface area contributed by atoms with Gasteiger partial charge in [-0.25, -0.2) is 9.59 Å². The standard InChI is InChI=1S/C26H30ClN3O4/c27-19-10-11-21-18(15-19)9-8-17-5-4-12-28-23(17)24(21)29-13-14-30(22(16-29)25(31)32)26(33)34-20-6-2-1-3-7-20/h4-5,10-12,15,20,22,24H,1-3,6-9,13-14,16H2,(H,31,32)/t22-,24-/m1/s1. The molecule has 1 amide bonds. The van der Waals surface area contributed by atoms with E-state index in [2.05, 4.69) is 11.0 Å². The number of carbonyl (C=O) groups is 2. The van der Waals surface area contributed by atoms with Gasteiger partial charge in [-0.2, -0.15) is 0 Å². The van der Waals surface area contributed by atoms with Gasteiger partial charge in [0.1, 0.15) is 12.1 Å². The summed E-state index contributed by atoms with van der Waals surface area (Å²) in [6.07, 6.45) is 7.84. The van der Waals surface area contributed by atoms with Crippen LogP contribution in [0.4, 0.5) is 4.79 Å². The molecule has 0 radical (unpaired) electrons. The number of hydrogen-bond acceptors (Lipinski definition) is 5. The van der Waals surface area contributed by atoms with Crippen molar-refractivity contribution >= 4 is 23.7 Å². The second-order valence-electron chi connectivity index (χ2n) is 9.48. The highest BCUT2D eigenvalue weighted by atomic mass is 35.5. The second kappa shape index (κ2) is 9.92. The van der Waals surface area contributed by atoms with Crippen molar-refractivity contribution in [2.45, 2.75) is 63.1 Å². The Hall–Kier alpha value is -2.64. The summed E-state index contributed by atoms with van der Waals surface area (Å²) < 4.78 is 5.72. The topological polar surface area (TPSA) is 83.0 Å². The van der Waals surface area contributed by atoms with E-state index in [1.807, 2.05) is 24.3 Å². The van der Waals surface area contributed by atoms with Crippen LogP contribution in [0.2, 0.25) is 5.02 Å². The number of rotatable bonds is 3. The number of benzene rings is 1. The first-order valence-electron chi connectivity index (χ1n) is 12.2. The quantitative estimate of drug-likeness (QED) is 0.693. The zero-order valence-corrected chi connectivity index (χ0v) is 19.9. The van der Waals surface area contributed by atoms with Gasteiger partial charge in [0.05, 0.1) is 11.7 Å². The number of carboxylic acids is 1. The van der Waals surface area contributed by atoms with Gasteiger partial charge < -0.3 is 9.84 Å². The van der Waals surface area contributed by atoms with Gasteiger partial charge in [0, 0.05) is 30.9 Å². The predicted octanol–water partition coefficient (Wildman–Crippen LogP) is 4.46. The Morgan fingerprint density at radius 3 is 2.65 bits per heavy atom. The van der Waals surface area contributed by atoms with Gasteiger partial charge in [-0.05, 0) is 73.4 Å².